The van der Waals surface area contributed by atoms with E-state index < -0.39 is 0 Å². The molecule has 7 heteroatoms. The molecule has 0 saturated carbocycles. The molecule has 31 heavy (non-hydrogen) atoms. The molecule has 0 bridgehead atoms. The summed E-state index contributed by atoms with van der Waals surface area (Å²) in [6.45, 7) is 1.50. The maximum absolute atomic E-state index is 12.9. The molecule has 2 aliphatic heterocycles. The maximum Gasteiger partial charge on any atom is 0.258 e. The second-order valence-corrected chi connectivity index (χ2v) is 7.76. The molecule has 0 saturated heterocycles. The molecule has 2 heterocycles. The first kappa shape index (κ1) is 19.5. The standard InChI is InChI=1S/C24H19ClN2O4/c25-19-13-17(14-21-22(19)31-12-11-30-21)23(28)26-18-7-5-16(6-8-18)24(29)27-10-9-15-3-1-2-4-20(15)27/h1-8,13-14H,9-12H2,(H,26,28). The van der Waals surface area contributed by atoms with Crippen LogP contribution in [0.1, 0.15) is 26.3 Å². The quantitative estimate of drug-likeness (QED) is 0.655. The highest BCUT2D eigenvalue weighted by atomic mass is 35.5. The molecule has 0 unspecified atom stereocenters. The monoisotopic (exact) mass is 434 g/mol. The van der Waals surface area contributed by atoms with Crippen LogP contribution in [0.15, 0.2) is 60.7 Å². The van der Waals surface area contributed by atoms with Crippen LogP contribution in [0.4, 0.5) is 11.4 Å². The Kier molecular flexibility index (Phi) is 5.00. The number of para-hydroxylation sites is 1. The number of nitrogens with one attached hydrogen (secondary N) is 1. The maximum atomic E-state index is 12.9. The molecule has 156 valence electrons. The highest BCUT2D eigenvalue weighted by molar-refractivity contribution is 6.32. The van der Waals surface area contributed by atoms with Crippen LogP contribution in [0.3, 0.4) is 0 Å². The molecule has 0 aromatic heterocycles. The number of hydrogen-bond donors (Lipinski definition) is 1. The van der Waals surface area contributed by atoms with Crippen molar-refractivity contribution in [3.8, 4) is 11.5 Å². The van der Waals surface area contributed by atoms with Gasteiger partial charge in [-0.15, -0.1) is 0 Å². The van der Waals surface area contributed by atoms with Gasteiger partial charge in [-0.1, -0.05) is 29.8 Å². The van der Waals surface area contributed by atoms with E-state index in [9.17, 15) is 9.59 Å². The van der Waals surface area contributed by atoms with Crippen molar-refractivity contribution in [1.29, 1.82) is 0 Å². The van der Waals surface area contributed by atoms with Crippen LogP contribution < -0.4 is 19.7 Å². The van der Waals surface area contributed by atoms with E-state index in [0.29, 0.717) is 53.1 Å². The smallest absolute Gasteiger partial charge is 0.258 e. The van der Waals surface area contributed by atoms with E-state index in [1.165, 1.54) is 5.56 Å². The molecule has 1 N–H and O–H groups in total. The van der Waals surface area contributed by atoms with Gasteiger partial charge in [0.25, 0.3) is 11.8 Å². The third kappa shape index (κ3) is 3.70. The fourth-order valence-corrected chi connectivity index (χ4v) is 4.11. The number of halogens is 1. The Hall–Kier alpha value is -3.51. The third-order valence-corrected chi connectivity index (χ3v) is 5.66. The SMILES string of the molecule is O=C(Nc1ccc(C(=O)N2CCc3ccccc32)cc1)c1cc(Cl)c2c(c1)OCCO2. The lowest BCUT2D eigenvalue weighted by atomic mass is 10.1. The third-order valence-electron chi connectivity index (χ3n) is 5.38. The molecular weight excluding hydrogens is 416 g/mol. The van der Waals surface area contributed by atoms with E-state index in [0.717, 1.165) is 12.1 Å². The molecule has 0 spiro atoms. The zero-order valence-corrected chi connectivity index (χ0v) is 17.3. The summed E-state index contributed by atoms with van der Waals surface area (Å²) in [6, 6.07) is 18.0. The van der Waals surface area contributed by atoms with Gasteiger partial charge < -0.3 is 19.7 Å². The molecule has 2 amide bonds. The minimum atomic E-state index is -0.327. The molecule has 2 aliphatic rings. The minimum Gasteiger partial charge on any atom is -0.486 e. The van der Waals surface area contributed by atoms with Gasteiger partial charge in [0.05, 0.1) is 5.02 Å². The summed E-state index contributed by atoms with van der Waals surface area (Å²) in [6.07, 6.45) is 0.855. The Morgan fingerprint density at radius 2 is 1.71 bits per heavy atom. The van der Waals surface area contributed by atoms with Crippen molar-refractivity contribution in [3.05, 3.63) is 82.4 Å². The fraction of sp³-hybridized carbons (Fsp3) is 0.167. The lowest BCUT2D eigenvalue weighted by Crippen LogP contribution is -2.28. The Bertz CT molecular complexity index is 1180. The molecule has 0 aliphatic carbocycles. The summed E-state index contributed by atoms with van der Waals surface area (Å²) in [5.41, 5.74) is 3.65. The van der Waals surface area contributed by atoms with Gasteiger partial charge in [-0.2, -0.15) is 0 Å². The van der Waals surface area contributed by atoms with Gasteiger partial charge in [0, 0.05) is 29.0 Å². The highest BCUT2D eigenvalue weighted by Gasteiger charge is 2.25. The first-order valence-corrected chi connectivity index (χ1v) is 10.4. The van der Waals surface area contributed by atoms with Crippen molar-refractivity contribution < 1.29 is 19.1 Å². The Labute approximate surface area is 184 Å². The molecule has 0 fully saturated rings. The van der Waals surface area contributed by atoms with Crippen LogP contribution in [0, 0.1) is 0 Å². The van der Waals surface area contributed by atoms with E-state index in [4.69, 9.17) is 21.1 Å². The van der Waals surface area contributed by atoms with Crippen molar-refractivity contribution in [2.24, 2.45) is 0 Å². The van der Waals surface area contributed by atoms with Gasteiger partial charge in [0.2, 0.25) is 0 Å². The number of fused-ring (bicyclic) bond motifs is 2. The topological polar surface area (TPSA) is 67.9 Å². The summed E-state index contributed by atoms with van der Waals surface area (Å²) < 4.78 is 11.0. The molecule has 6 nitrogen and oxygen atoms in total. The van der Waals surface area contributed by atoms with Crippen LogP contribution in [0.2, 0.25) is 5.02 Å². The number of ether oxygens (including phenoxy) is 2. The van der Waals surface area contributed by atoms with Gasteiger partial charge >= 0.3 is 0 Å². The van der Waals surface area contributed by atoms with Crippen LogP contribution >= 0.6 is 11.6 Å². The largest absolute Gasteiger partial charge is 0.486 e. The van der Waals surface area contributed by atoms with Crippen molar-refractivity contribution in [2.75, 3.05) is 30.0 Å². The Morgan fingerprint density at radius 3 is 2.55 bits per heavy atom. The number of anilines is 2. The molecular formula is C24H19ClN2O4. The lowest BCUT2D eigenvalue weighted by Gasteiger charge is -2.20. The lowest BCUT2D eigenvalue weighted by molar-refractivity contribution is 0.0988. The average molecular weight is 435 g/mol. The van der Waals surface area contributed by atoms with Gasteiger partial charge in [-0.05, 0) is 54.4 Å². The van der Waals surface area contributed by atoms with Gasteiger partial charge in [0.1, 0.15) is 13.2 Å². The number of nitrogens with zero attached hydrogens (tertiary/aromatic N) is 1. The van der Waals surface area contributed by atoms with Crippen molar-refractivity contribution in [1.82, 2.24) is 0 Å². The van der Waals surface area contributed by atoms with Crippen molar-refractivity contribution in [2.45, 2.75) is 6.42 Å². The number of benzene rings is 3. The van der Waals surface area contributed by atoms with Crippen LogP contribution in [-0.4, -0.2) is 31.6 Å². The van der Waals surface area contributed by atoms with E-state index in [1.807, 2.05) is 24.3 Å². The zero-order chi connectivity index (χ0) is 21.4. The summed E-state index contributed by atoms with van der Waals surface area (Å²) in [5, 5.41) is 3.15. The normalized spacial score (nSPS) is 14.2. The molecule has 0 radical (unpaired) electrons. The summed E-state index contributed by atoms with van der Waals surface area (Å²) in [5.74, 6) is 0.527. The summed E-state index contributed by atoms with van der Waals surface area (Å²) in [4.78, 5) is 27.4. The minimum absolute atomic E-state index is 0.0542. The van der Waals surface area contributed by atoms with E-state index in [1.54, 1.807) is 41.3 Å². The first-order chi connectivity index (χ1) is 15.1. The Balaban J connectivity index is 1.30. The van der Waals surface area contributed by atoms with Crippen molar-refractivity contribution >= 4 is 34.8 Å². The van der Waals surface area contributed by atoms with Crippen LogP contribution in [-0.2, 0) is 6.42 Å². The predicted octanol–water partition coefficient (Wildman–Crippen LogP) is 4.57. The number of rotatable bonds is 3. The second-order valence-electron chi connectivity index (χ2n) is 7.35. The van der Waals surface area contributed by atoms with Gasteiger partial charge in [-0.25, -0.2) is 0 Å². The summed E-state index contributed by atoms with van der Waals surface area (Å²) in [7, 11) is 0. The van der Waals surface area contributed by atoms with Gasteiger partial charge in [-0.3, -0.25) is 9.59 Å². The van der Waals surface area contributed by atoms with Crippen molar-refractivity contribution in [3.63, 3.8) is 0 Å². The Morgan fingerprint density at radius 1 is 0.935 bits per heavy atom. The van der Waals surface area contributed by atoms with Gasteiger partial charge in [0.15, 0.2) is 11.5 Å². The zero-order valence-electron chi connectivity index (χ0n) is 16.6. The van der Waals surface area contributed by atoms with Crippen LogP contribution in [0.5, 0.6) is 11.5 Å². The first-order valence-electron chi connectivity index (χ1n) is 10.0. The number of carbonyl (C=O) groups excluding carboxylic acids is 2. The molecule has 0 atom stereocenters. The van der Waals surface area contributed by atoms with Crippen LogP contribution in [0.25, 0.3) is 0 Å². The summed E-state index contributed by atoms with van der Waals surface area (Å²) >= 11 is 6.22. The molecule has 5 rings (SSSR count). The highest BCUT2D eigenvalue weighted by Crippen LogP contribution is 2.38. The number of amides is 2. The van der Waals surface area contributed by atoms with E-state index >= 15 is 0 Å². The number of carbonyl (C=O) groups is 2. The number of hydrogen-bond acceptors (Lipinski definition) is 4. The molecule has 3 aromatic rings. The fourth-order valence-electron chi connectivity index (χ4n) is 3.85. The second kappa shape index (κ2) is 7.96. The molecule has 3 aromatic carbocycles. The average Bonchev–Trinajstić information content (AvgIpc) is 3.23. The predicted molar refractivity (Wildman–Crippen MR) is 119 cm³/mol. The van der Waals surface area contributed by atoms with E-state index in [-0.39, 0.29) is 11.8 Å². The van der Waals surface area contributed by atoms with E-state index in [2.05, 4.69) is 5.32 Å².